The molecule has 0 radical (unpaired) electrons. The molecule has 0 saturated heterocycles. The van der Waals surface area contributed by atoms with Crippen molar-refractivity contribution in [1.82, 2.24) is 9.63 Å². The first-order valence-corrected chi connectivity index (χ1v) is 10.4. The Labute approximate surface area is 188 Å². The average Bonchev–Trinajstić information content (AvgIpc) is 2.79. The number of ether oxygens (including phenoxy) is 1. The van der Waals surface area contributed by atoms with Crippen molar-refractivity contribution in [1.29, 1.82) is 0 Å². The summed E-state index contributed by atoms with van der Waals surface area (Å²) in [5.41, 5.74) is 2.21. The molecule has 0 spiro atoms. The minimum absolute atomic E-state index is 0.0706. The number of nitrogens with zero attached hydrogens (tertiary/aromatic N) is 2. The highest BCUT2D eigenvalue weighted by atomic mass is 19.4. The zero-order chi connectivity index (χ0) is 23.6. The van der Waals surface area contributed by atoms with E-state index in [0.717, 1.165) is 12.1 Å². The molecule has 2 aromatic carbocycles. The number of hydrogen-bond donors (Lipinski definition) is 0. The molecule has 0 amide bonds. The molecule has 33 heavy (non-hydrogen) atoms. The first-order chi connectivity index (χ1) is 15.7. The monoisotopic (exact) mass is 454 g/mol. The van der Waals surface area contributed by atoms with Crippen molar-refractivity contribution in [3.63, 3.8) is 0 Å². The third kappa shape index (κ3) is 4.67. The molecule has 170 valence electrons. The third-order valence-electron chi connectivity index (χ3n) is 5.48. The summed E-state index contributed by atoms with van der Waals surface area (Å²) in [6.07, 6.45) is -1.34. The lowest BCUT2D eigenvalue weighted by atomic mass is 9.97. The lowest BCUT2D eigenvalue weighted by Crippen LogP contribution is -2.41. The van der Waals surface area contributed by atoms with Crippen LogP contribution in [0.4, 0.5) is 18.9 Å². The molecule has 1 unspecified atom stereocenters. The van der Waals surface area contributed by atoms with Crippen LogP contribution in [0, 0.1) is 5.21 Å². The lowest BCUT2D eigenvalue weighted by molar-refractivity contribution is -0.139. The summed E-state index contributed by atoms with van der Waals surface area (Å²) in [6.45, 7) is 1.80. The Morgan fingerprint density at radius 3 is 2.52 bits per heavy atom. The van der Waals surface area contributed by atoms with Crippen LogP contribution in [0.15, 0.2) is 78.6 Å². The number of alkyl halides is 3. The number of hydrogen-bond acceptors (Lipinski definition) is 4. The zero-order valence-corrected chi connectivity index (χ0v) is 17.8. The Hall–Kier alpha value is -3.49. The number of hydroxylamine groups is 2. The standard InChI is InChI=1S/C25H21F3N2O3/c1-2-33-24(31)19-14-22-23(8-5-13-29-22)30(32,16-19)15-18-6-3-4-7-21(18)17-9-11-20(12-10-17)25(26,27)28/h3-13,16H,2,14-15H2,1H3. The van der Waals surface area contributed by atoms with Crippen molar-refractivity contribution < 1.29 is 22.7 Å². The van der Waals surface area contributed by atoms with Gasteiger partial charge in [0.25, 0.3) is 0 Å². The number of pyridine rings is 1. The SMILES string of the molecule is CCOC(=O)C1=C[N+]([O-])(Cc2ccccc2-c2ccc(C(F)(F)F)cc2)c2cccnc2C1. The van der Waals surface area contributed by atoms with Crippen LogP contribution in [-0.2, 0) is 28.7 Å². The molecular weight excluding hydrogens is 433 g/mol. The average molecular weight is 454 g/mol. The number of carbonyl (C=O) groups is 1. The van der Waals surface area contributed by atoms with Gasteiger partial charge in [0, 0.05) is 24.2 Å². The van der Waals surface area contributed by atoms with Crippen LogP contribution in [-0.4, -0.2) is 17.6 Å². The molecule has 0 fully saturated rings. The second-order valence-corrected chi connectivity index (χ2v) is 7.71. The van der Waals surface area contributed by atoms with Gasteiger partial charge in [0.2, 0.25) is 0 Å². The van der Waals surface area contributed by atoms with E-state index < -0.39 is 22.4 Å². The van der Waals surface area contributed by atoms with Gasteiger partial charge < -0.3 is 9.94 Å². The summed E-state index contributed by atoms with van der Waals surface area (Å²) in [6, 6.07) is 15.2. The summed E-state index contributed by atoms with van der Waals surface area (Å²) in [5.74, 6) is -0.567. The number of rotatable bonds is 5. The highest BCUT2D eigenvalue weighted by Crippen LogP contribution is 2.38. The van der Waals surface area contributed by atoms with Crippen molar-refractivity contribution in [2.75, 3.05) is 6.61 Å². The number of halogens is 3. The molecule has 2 heterocycles. The van der Waals surface area contributed by atoms with Crippen molar-refractivity contribution in [2.45, 2.75) is 26.1 Å². The second kappa shape index (κ2) is 8.80. The van der Waals surface area contributed by atoms with Crippen LogP contribution < -0.4 is 4.65 Å². The van der Waals surface area contributed by atoms with Crippen molar-refractivity contribution >= 4 is 11.7 Å². The fourth-order valence-corrected chi connectivity index (χ4v) is 3.97. The van der Waals surface area contributed by atoms with Crippen molar-refractivity contribution in [3.05, 3.63) is 101 Å². The number of carbonyl (C=O) groups excluding carboxylic acids is 1. The number of aromatic nitrogens is 1. The Morgan fingerprint density at radius 2 is 1.82 bits per heavy atom. The van der Waals surface area contributed by atoms with E-state index in [1.165, 1.54) is 18.3 Å². The van der Waals surface area contributed by atoms with E-state index in [1.54, 1.807) is 49.5 Å². The predicted octanol–water partition coefficient (Wildman–Crippen LogP) is 5.78. The lowest BCUT2D eigenvalue weighted by Gasteiger charge is -2.42. The first kappa shape index (κ1) is 22.7. The van der Waals surface area contributed by atoms with Crippen LogP contribution in [0.2, 0.25) is 0 Å². The fraction of sp³-hybridized carbons (Fsp3) is 0.200. The number of quaternary nitrogens is 1. The third-order valence-corrected chi connectivity index (χ3v) is 5.48. The molecule has 0 saturated carbocycles. The van der Waals surface area contributed by atoms with Gasteiger partial charge in [-0.25, -0.2) is 4.79 Å². The van der Waals surface area contributed by atoms with Crippen LogP contribution in [0.25, 0.3) is 11.1 Å². The van der Waals surface area contributed by atoms with Crippen molar-refractivity contribution in [3.8, 4) is 11.1 Å². The van der Waals surface area contributed by atoms with Crippen LogP contribution in [0.1, 0.15) is 23.7 Å². The molecule has 8 heteroatoms. The molecule has 1 aliphatic heterocycles. The zero-order valence-electron chi connectivity index (χ0n) is 17.8. The fourth-order valence-electron chi connectivity index (χ4n) is 3.97. The molecule has 0 N–H and O–H groups in total. The smallest absolute Gasteiger partial charge is 0.416 e. The summed E-state index contributed by atoms with van der Waals surface area (Å²) < 4.78 is 43.0. The Kier molecular flexibility index (Phi) is 6.05. The summed E-state index contributed by atoms with van der Waals surface area (Å²) in [4.78, 5) is 16.7. The van der Waals surface area contributed by atoms with Crippen LogP contribution in [0.3, 0.4) is 0 Å². The molecule has 3 aromatic rings. The quantitative estimate of drug-likeness (QED) is 0.279. The number of fused-ring (bicyclic) bond motifs is 1. The minimum atomic E-state index is -4.43. The number of benzene rings is 2. The molecule has 0 aliphatic carbocycles. The second-order valence-electron chi connectivity index (χ2n) is 7.71. The molecule has 1 aromatic heterocycles. The molecule has 1 aliphatic rings. The predicted molar refractivity (Wildman–Crippen MR) is 118 cm³/mol. The molecule has 5 nitrogen and oxygen atoms in total. The molecule has 1 atom stereocenters. The van der Waals surface area contributed by atoms with E-state index in [0.29, 0.717) is 28.1 Å². The Bertz CT molecular complexity index is 1210. The maximum Gasteiger partial charge on any atom is 0.416 e. The maximum absolute atomic E-state index is 14.1. The Balaban J connectivity index is 1.75. The van der Waals surface area contributed by atoms with Gasteiger partial charge in [-0.3, -0.25) is 9.63 Å². The van der Waals surface area contributed by atoms with Crippen LogP contribution in [0.5, 0.6) is 0 Å². The maximum atomic E-state index is 14.1. The van der Waals surface area contributed by atoms with Gasteiger partial charge in [-0.1, -0.05) is 36.4 Å². The summed E-state index contributed by atoms with van der Waals surface area (Å²) in [5, 5.41) is 14.1. The van der Waals surface area contributed by atoms with E-state index in [4.69, 9.17) is 4.74 Å². The molecule has 0 bridgehead atoms. The van der Waals surface area contributed by atoms with Crippen molar-refractivity contribution in [2.24, 2.45) is 0 Å². The largest absolute Gasteiger partial charge is 0.622 e. The molecule has 4 rings (SSSR count). The van der Waals surface area contributed by atoms with Gasteiger partial charge in [-0.2, -0.15) is 13.2 Å². The molecular formula is C25H21F3N2O3. The van der Waals surface area contributed by atoms with Gasteiger partial charge in [0.05, 0.1) is 17.7 Å². The number of esters is 1. The van der Waals surface area contributed by atoms with E-state index in [2.05, 4.69) is 4.98 Å². The van der Waals surface area contributed by atoms with Gasteiger partial charge in [-0.15, -0.1) is 0 Å². The van der Waals surface area contributed by atoms with Crippen LogP contribution >= 0.6 is 0 Å². The van der Waals surface area contributed by atoms with Gasteiger partial charge in [0.1, 0.15) is 18.4 Å². The summed E-state index contributed by atoms with van der Waals surface area (Å²) >= 11 is 0. The van der Waals surface area contributed by atoms with E-state index in [-0.39, 0.29) is 25.1 Å². The van der Waals surface area contributed by atoms with E-state index >= 15 is 0 Å². The van der Waals surface area contributed by atoms with Gasteiger partial charge >= 0.3 is 12.1 Å². The minimum Gasteiger partial charge on any atom is -0.622 e. The highest BCUT2D eigenvalue weighted by Gasteiger charge is 2.33. The normalized spacial score (nSPS) is 17.8. The first-order valence-electron chi connectivity index (χ1n) is 10.4. The van der Waals surface area contributed by atoms with E-state index in [9.17, 15) is 23.2 Å². The van der Waals surface area contributed by atoms with E-state index in [1.807, 2.05) is 0 Å². The topological polar surface area (TPSA) is 62.2 Å². The summed E-state index contributed by atoms with van der Waals surface area (Å²) in [7, 11) is 0. The van der Waals surface area contributed by atoms with Gasteiger partial charge in [-0.05, 0) is 36.2 Å². The highest BCUT2D eigenvalue weighted by molar-refractivity contribution is 5.90. The van der Waals surface area contributed by atoms with Gasteiger partial charge in [0.15, 0.2) is 5.69 Å². The Morgan fingerprint density at radius 1 is 1.09 bits per heavy atom.